The minimum absolute atomic E-state index is 0.0774. The van der Waals surface area contributed by atoms with E-state index < -0.39 is 6.04 Å². The van der Waals surface area contributed by atoms with E-state index in [1.807, 2.05) is 30.3 Å². The second-order valence-corrected chi connectivity index (χ2v) is 7.38. The highest BCUT2D eigenvalue weighted by Crippen LogP contribution is 2.15. The number of aromatic nitrogens is 2. The van der Waals surface area contributed by atoms with E-state index >= 15 is 0 Å². The first-order chi connectivity index (χ1) is 13.5. The Morgan fingerprint density at radius 2 is 2.14 bits per heavy atom. The van der Waals surface area contributed by atoms with Crippen LogP contribution in [0.2, 0.25) is 0 Å². The summed E-state index contributed by atoms with van der Waals surface area (Å²) in [4.78, 5) is 30.9. The van der Waals surface area contributed by atoms with Gasteiger partial charge in [0.2, 0.25) is 23.5 Å². The van der Waals surface area contributed by atoms with Crippen LogP contribution in [0.4, 0.5) is 0 Å². The van der Waals surface area contributed by atoms with Gasteiger partial charge in [0.1, 0.15) is 0 Å². The maximum Gasteiger partial charge on any atom is 0.237 e. The fourth-order valence-corrected chi connectivity index (χ4v) is 3.29. The zero-order valence-electron chi connectivity index (χ0n) is 16.4. The lowest BCUT2D eigenvalue weighted by Crippen LogP contribution is -2.57. The van der Waals surface area contributed by atoms with Crippen molar-refractivity contribution in [3.63, 3.8) is 0 Å². The molecule has 1 unspecified atom stereocenters. The van der Waals surface area contributed by atoms with Gasteiger partial charge in [0, 0.05) is 38.2 Å². The summed E-state index contributed by atoms with van der Waals surface area (Å²) in [5.74, 6) is 1.21. The molecule has 0 bridgehead atoms. The second-order valence-electron chi connectivity index (χ2n) is 7.38. The summed E-state index contributed by atoms with van der Waals surface area (Å²) in [6, 6.07) is 9.16. The quantitative estimate of drug-likeness (QED) is 0.709. The predicted octanol–water partition coefficient (Wildman–Crippen LogP) is 1.24. The van der Waals surface area contributed by atoms with Crippen LogP contribution in [-0.2, 0) is 16.0 Å². The molecule has 2 N–H and O–H groups in total. The molecule has 0 aliphatic carbocycles. The Morgan fingerprint density at radius 3 is 2.89 bits per heavy atom. The first kappa shape index (κ1) is 20.0. The van der Waals surface area contributed by atoms with Crippen LogP contribution >= 0.6 is 0 Å². The number of carbonyl (C=O) groups is 2. The molecule has 8 nitrogen and oxygen atoms in total. The summed E-state index contributed by atoms with van der Waals surface area (Å²) in [6.45, 7) is 6.80. The summed E-state index contributed by atoms with van der Waals surface area (Å²) in [6.07, 6.45) is 0.593. The van der Waals surface area contributed by atoms with Gasteiger partial charge in [-0.05, 0) is 5.92 Å². The molecule has 8 heteroatoms. The molecule has 150 valence electrons. The highest BCUT2D eigenvalue weighted by atomic mass is 16.5. The van der Waals surface area contributed by atoms with Gasteiger partial charge < -0.3 is 15.2 Å². The molecule has 1 atom stereocenters. The van der Waals surface area contributed by atoms with Gasteiger partial charge in [-0.2, -0.15) is 4.98 Å². The standard InChI is InChI=1S/C20H27N5O3/c1-14(2)13-25-11-10-22-20(27)16(25)12-17(26)21-9-8-18-23-19(24-28-18)15-6-4-3-5-7-15/h3-7,14,16H,8-13H2,1-2H3,(H,21,26)(H,22,27). The van der Waals surface area contributed by atoms with E-state index in [-0.39, 0.29) is 18.2 Å². The molecule has 2 heterocycles. The van der Waals surface area contributed by atoms with E-state index in [0.29, 0.717) is 37.1 Å². The lowest BCUT2D eigenvalue weighted by atomic mass is 10.1. The average Bonchev–Trinajstić information content (AvgIpc) is 3.14. The summed E-state index contributed by atoms with van der Waals surface area (Å²) < 4.78 is 5.24. The van der Waals surface area contributed by atoms with Crippen LogP contribution in [0, 0.1) is 5.92 Å². The molecule has 1 saturated heterocycles. The van der Waals surface area contributed by atoms with Crippen molar-refractivity contribution < 1.29 is 14.1 Å². The Morgan fingerprint density at radius 1 is 1.36 bits per heavy atom. The smallest absolute Gasteiger partial charge is 0.237 e. The fraction of sp³-hybridized carbons (Fsp3) is 0.500. The van der Waals surface area contributed by atoms with Crippen LogP contribution in [0.5, 0.6) is 0 Å². The van der Waals surface area contributed by atoms with Crippen LogP contribution in [0.15, 0.2) is 34.9 Å². The van der Waals surface area contributed by atoms with Gasteiger partial charge in [0.15, 0.2) is 0 Å². The van der Waals surface area contributed by atoms with E-state index in [4.69, 9.17) is 4.52 Å². The van der Waals surface area contributed by atoms with Gasteiger partial charge in [0.05, 0.1) is 12.5 Å². The zero-order chi connectivity index (χ0) is 19.9. The third kappa shape index (κ3) is 5.39. The number of nitrogens with zero attached hydrogens (tertiary/aromatic N) is 3. The van der Waals surface area contributed by atoms with Crippen molar-refractivity contribution in [2.45, 2.75) is 32.7 Å². The van der Waals surface area contributed by atoms with Crippen molar-refractivity contribution in [3.05, 3.63) is 36.2 Å². The summed E-state index contributed by atoms with van der Waals surface area (Å²) in [7, 11) is 0. The monoisotopic (exact) mass is 385 g/mol. The number of benzene rings is 1. The number of rotatable bonds is 8. The molecule has 2 amide bonds. The number of piperazine rings is 1. The molecule has 0 spiro atoms. The maximum atomic E-state index is 12.3. The van der Waals surface area contributed by atoms with Crippen LogP contribution in [-0.4, -0.2) is 59.1 Å². The van der Waals surface area contributed by atoms with E-state index in [0.717, 1.165) is 18.7 Å². The molecule has 0 saturated carbocycles. The van der Waals surface area contributed by atoms with E-state index in [2.05, 4.69) is 39.5 Å². The SMILES string of the molecule is CC(C)CN1CCNC(=O)C1CC(=O)NCCc1nc(-c2ccccc2)no1. The summed E-state index contributed by atoms with van der Waals surface area (Å²) >= 11 is 0. The van der Waals surface area contributed by atoms with Gasteiger partial charge in [-0.15, -0.1) is 0 Å². The third-order valence-corrected chi connectivity index (χ3v) is 4.58. The molecular weight excluding hydrogens is 358 g/mol. The highest BCUT2D eigenvalue weighted by Gasteiger charge is 2.31. The van der Waals surface area contributed by atoms with E-state index in [9.17, 15) is 9.59 Å². The Bertz CT molecular complexity index is 790. The van der Waals surface area contributed by atoms with Gasteiger partial charge in [-0.1, -0.05) is 49.3 Å². The van der Waals surface area contributed by atoms with Gasteiger partial charge in [0.25, 0.3) is 0 Å². The number of hydrogen-bond acceptors (Lipinski definition) is 6. The van der Waals surface area contributed by atoms with Crippen molar-refractivity contribution >= 4 is 11.8 Å². The number of hydrogen-bond donors (Lipinski definition) is 2. The zero-order valence-corrected chi connectivity index (χ0v) is 16.4. The molecule has 1 aromatic heterocycles. The van der Waals surface area contributed by atoms with Gasteiger partial charge >= 0.3 is 0 Å². The number of carbonyl (C=O) groups excluding carboxylic acids is 2. The van der Waals surface area contributed by atoms with Crippen molar-refractivity contribution in [2.75, 3.05) is 26.2 Å². The topological polar surface area (TPSA) is 100 Å². The molecule has 1 aliphatic heterocycles. The Balaban J connectivity index is 1.47. The highest BCUT2D eigenvalue weighted by molar-refractivity contribution is 5.88. The van der Waals surface area contributed by atoms with Crippen molar-refractivity contribution in [2.24, 2.45) is 5.92 Å². The summed E-state index contributed by atoms with van der Waals surface area (Å²) in [5.41, 5.74) is 0.884. The molecule has 28 heavy (non-hydrogen) atoms. The van der Waals surface area contributed by atoms with Crippen molar-refractivity contribution in [3.8, 4) is 11.4 Å². The first-order valence-electron chi connectivity index (χ1n) is 9.69. The first-order valence-corrected chi connectivity index (χ1v) is 9.69. The Labute approximate surface area is 164 Å². The molecule has 1 aliphatic rings. The van der Waals surface area contributed by atoms with Crippen molar-refractivity contribution in [1.29, 1.82) is 0 Å². The van der Waals surface area contributed by atoms with Gasteiger partial charge in [-0.3, -0.25) is 14.5 Å². The molecule has 3 rings (SSSR count). The predicted molar refractivity (Wildman–Crippen MR) is 104 cm³/mol. The maximum absolute atomic E-state index is 12.3. The largest absolute Gasteiger partial charge is 0.356 e. The Hall–Kier alpha value is -2.74. The summed E-state index contributed by atoms with van der Waals surface area (Å²) in [5, 5.41) is 9.66. The van der Waals surface area contributed by atoms with Crippen molar-refractivity contribution in [1.82, 2.24) is 25.7 Å². The van der Waals surface area contributed by atoms with Crippen LogP contribution in [0.25, 0.3) is 11.4 Å². The molecule has 1 fully saturated rings. The van der Waals surface area contributed by atoms with Crippen LogP contribution in [0.1, 0.15) is 26.2 Å². The van der Waals surface area contributed by atoms with E-state index in [1.54, 1.807) is 0 Å². The molecule has 0 radical (unpaired) electrons. The van der Waals surface area contributed by atoms with Crippen LogP contribution in [0.3, 0.4) is 0 Å². The fourth-order valence-electron chi connectivity index (χ4n) is 3.29. The number of nitrogens with one attached hydrogen (secondary N) is 2. The second kappa shape index (κ2) is 9.45. The Kier molecular flexibility index (Phi) is 6.76. The lowest BCUT2D eigenvalue weighted by molar-refractivity contribution is -0.134. The number of amides is 2. The molecule has 1 aromatic carbocycles. The molecule has 2 aromatic rings. The average molecular weight is 385 g/mol. The molecular formula is C20H27N5O3. The normalized spacial score (nSPS) is 17.5. The van der Waals surface area contributed by atoms with Crippen LogP contribution < -0.4 is 10.6 Å². The lowest BCUT2D eigenvalue weighted by Gasteiger charge is -2.35. The minimum atomic E-state index is -0.413. The third-order valence-electron chi connectivity index (χ3n) is 4.58. The van der Waals surface area contributed by atoms with Gasteiger partial charge in [-0.25, -0.2) is 0 Å². The minimum Gasteiger partial charge on any atom is -0.356 e. The van der Waals surface area contributed by atoms with E-state index in [1.165, 1.54) is 0 Å².